The first-order valence-corrected chi connectivity index (χ1v) is 8.71. The lowest BCUT2D eigenvalue weighted by atomic mass is 10.2. The van der Waals surface area contributed by atoms with Gasteiger partial charge in [-0.05, 0) is 24.3 Å². The number of H-pyrrole nitrogens is 1. The molecule has 2 amide bonds. The van der Waals surface area contributed by atoms with E-state index < -0.39 is 36.1 Å². The Labute approximate surface area is 175 Å². The topological polar surface area (TPSA) is 158 Å². The van der Waals surface area contributed by atoms with E-state index >= 15 is 0 Å². The second-order valence-electron chi connectivity index (χ2n) is 6.37. The van der Waals surface area contributed by atoms with Crippen molar-refractivity contribution < 1.29 is 32.7 Å². The highest BCUT2D eigenvalue weighted by atomic mass is 19.4. The lowest BCUT2D eigenvalue weighted by molar-refractivity contribution is -0.170. The van der Waals surface area contributed by atoms with Crippen molar-refractivity contribution >= 4 is 40.6 Å². The van der Waals surface area contributed by atoms with Gasteiger partial charge in [0.2, 0.25) is 11.9 Å². The zero-order chi connectivity index (χ0) is 23.6. The minimum atomic E-state index is -5.23. The molecule has 0 bridgehead atoms. The van der Waals surface area contributed by atoms with Gasteiger partial charge in [0.25, 0.3) is 5.56 Å². The van der Waals surface area contributed by atoms with E-state index in [1.807, 2.05) is 0 Å². The summed E-state index contributed by atoms with van der Waals surface area (Å²) in [5.41, 5.74) is -1.92. The zero-order valence-corrected chi connectivity index (χ0v) is 16.1. The van der Waals surface area contributed by atoms with Crippen molar-refractivity contribution in [2.75, 3.05) is 10.2 Å². The number of hydrogen-bond donors (Lipinski definition) is 3. The Hall–Kier alpha value is -4.36. The quantitative estimate of drug-likeness (QED) is 0.527. The third-order valence-corrected chi connectivity index (χ3v) is 4.00. The fourth-order valence-electron chi connectivity index (χ4n) is 2.64. The van der Waals surface area contributed by atoms with Gasteiger partial charge in [-0.25, -0.2) is 14.8 Å². The molecule has 0 spiro atoms. The van der Waals surface area contributed by atoms with Crippen LogP contribution in [0.3, 0.4) is 0 Å². The average Bonchev–Trinajstić information content (AvgIpc) is 2.71. The van der Waals surface area contributed by atoms with Crippen LogP contribution in [0.4, 0.5) is 24.8 Å². The summed E-state index contributed by atoms with van der Waals surface area (Å²) in [6.07, 6.45) is -4.21. The Kier molecular flexibility index (Phi) is 5.87. The molecule has 0 saturated heterocycles. The molecule has 166 valence electrons. The summed E-state index contributed by atoms with van der Waals surface area (Å²) in [5.74, 6) is -4.22. The number of aromatic nitrogens is 4. The van der Waals surface area contributed by atoms with Crippen LogP contribution < -0.4 is 15.8 Å². The van der Waals surface area contributed by atoms with Gasteiger partial charge in [0.15, 0.2) is 11.2 Å². The fraction of sp³-hybridized carbons (Fsp3) is 0.167. The molecular formula is C18H13F3N6O5. The van der Waals surface area contributed by atoms with Gasteiger partial charge >= 0.3 is 18.1 Å². The predicted octanol–water partition coefficient (Wildman–Crippen LogP) is 1.47. The van der Waals surface area contributed by atoms with Crippen LogP contribution in [0.2, 0.25) is 0 Å². The maximum Gasteiger partial charge on any atom is 0.471 e. The first-order chi connectivity index (χ1) is 15.0. The third kappa shape index (κ3) is 4.85. The molecule has 0 aliphatic heterocycles. The van der Waals surface area contributed by atoms with E-state index in [1.54, 1.807) is 0 Å². The summed E-state index contributed by atoms with van der Waals surface area (Å²) in [7, 11) is 0. The lowest BCUT2D eigenvalue weighted by Crippen LogP contribution is -2.41. The summed E-state index contributed by atoms with van der Waals surface area (Å²) < 4.78 is 39.4. The van der Waals surface area contributed by atoms with E-state index in [2.05, 4.69) is 25.3 Å². The third-order valence-electron chi connectivity index (χ3n) is 4.00. The molecule has 0 atom stereocenters. The molecule has 2 heterocycles. The Morgan fingerprint density at radius 3 is 2.38 bits per heavy atom. The zero-order valence-electron chi connectivity index (χ0n) is 16.1. The number of alkyl halides is 3. The maximum atomic E-state index is 13.1. The number of anilines is 2. The Bertz CT molecular complexity index is 1270. The van der Waals surface area contributed by atoms with E-state index in [-0.39, 0.29) is 34.1 Å². The number of carboxylic acid groups (broad SMARTS) is 1. The number of carbonyl (C=O) groups is 3. The van der Waals surface area contributed by atoms with E-state index in [0.717, 1.165) is 30.5 Å². The maximum absolute atomic E-state index is 13.1. The van der Waals surface area contributed by atoms with Gasteiger partial charge < -0.3 is 5.11 Å². The first kappa shape index (κ1) is 22.3. The lowest BCUT2D eigenvalue weighted by Gasteiger charge is -2.23. The number of nitrogens with zero attached hydrogens (tertiary/aromatic N) is 4. The molecule has 1 aromatic carbocycles. The molecule has 0 saturated carbocycles. The molecule has 0 aliphatic rings. The summed E-state index contributed by atoms with van der Waals surface area (Å²) in [5, 5.41) is 11.2. The van der Waals surface area contributed by atoms with Crippen LogP contribution in [0.5, 0.6) is 0 Å². The highest BCUT2D eigenvalue weighted by Crippen LogP contribution is 2.26. The minimum absolute atomic E-state index is 0.169. The number of hydrogen-bond acceptors (Lipinski definition) is 7. The number of nitrogens with one attached hydrogen (secondary N) is 2. The van der Waals surface area contributed by atoms with Crippen LogP contribution in [0.25, 0.3) is 11.2 Å². The van der Waals surface area contributed by atoms with Gasteiger partial charge in [0, 0.05) is 12.6 Å². The number of aromatic amines is 1. The fourth-order valence-corrected chi connectivity index (χ4v) is 2.64. The summed E-state index contributed by atoms with van der Waals surface area (Å²) in [6, 6.07) is 4.16. The summed E-state index contributed by atoms with van der Waals surface area (Å²) in [6.45, 7) is 0.467. The predicted molar refractivity (Wildman–Crippen MR) is 103 cm³/mol. The summed E-state index contributed by atoms with van der Waals surface area (Å²) >= 11 is 0. The van der Waals surface area contributed by atoms with Crippen molar-refractivity contribution in [2.45, 2.75) is 19.6 Å². The van der Waals surface area contributed by atoms with Crippen LogP contribution in [0.1, 0.15) is 23.0 Å². The highest BCUT2D eigenvalue weighted by Gasteiger charge is 2.43. The molecule has 3 aromatic rings. The monoisotopic (exact) mass is 450 g/mol. The molecule has 11 nitrogen and oxygen atoms in total. The number of amides is 2. The number of benzene rings is 1. The Morgan fingerprint density at radius 2 is 1.81 bits per heavy atom. The number of carboxylic acids is 1. The van der Waals surface area contributed by atoms with Crippen LogP contribution in [-0.4, -0.2) is 49.0 Å². The smallest absolute Gasteiger partial charge is 0.471 e. The Morgan fingerprint density at radius 1 is 1.16 bits per heavy atom. The number of aromatic carboxylic acids is 1. The molecule has 32 heavy (non-hydrogen) atoms. The molecule has 3 rings (SSSR count). The van der Waals surface area contributed by atoms with E-state index in [4.69, 9.17) is 5.11 Å². The largest absolute Gasteiger partial charge is 0.478 e. The number of fused-ring (bicyclic) bond motifs is 1. The SMILES string of the molecule is CC(=O)Nc1nc2ncc(CN(C(=O)C(F)(F)F)c3ccc(C(=O)O)cc3)nc2c(=O)[nH]1. The van der Waals surface area contributed by atoms with Gasteiger partial charge in [-0.15, -0.1) is 0 Å². The number of halogens is 3. The van der Waals surface area contributed by atoms with E-state index in [9.17, 15) is 32.3 Å². The van der Waals surface area contributed by atoms with Crippen molar-refractivity contribution in [2.24, 2.45) is 0 Å². The van der Waals surface area contributed by atoms with Gasteiger partial charge in [0.05, 0.1) is 24.0 Å². The minimum Gasteiger partial charge on any atom is -0.478 e. The molecule has 0 aliphatic carbocycles. The van der Waals surface area contributed by atoms with E-state index in [1.165, 1.54) is 6.92 Å². The molecule has 0 unspecified atom stereocenters. The van der Waals surface area contributed by atoms with E-state index in [0.29, 0.717) is 4.90 Å². The van der Waals surface area contributed by atoms with Gasteiger partial charge in [-0.1, -0.05) is 0 Å². The van der Waals surface area contributed by atoms with Crippen molar-refractivity contribution in [1.29, 1.82) is 0 Å². The van der Waals surface area contributed by atoms with Crippen molar-refractivity contribution in [1.82, 2.24) is 19.9 Å². The highest BCUT2D eigenvalue weighted by molar-refractivity contribution is 5.97. The number of rotatable bonds is 5. The number of carbonyl (C=O) groups excluding carboxylic acids is 2. The molecule has 0 radical (unpaired) electrons. The van der Waals surface area contributed by atoms with Crippen LogP contribution in [-0.2, 0) is 16.1 Å². The second kappa shape index (κ2) is 8.41. The molecular weight excluding hydrogens is 437 g/mol. The molecule has 2 aromatic heterocycles. The second-order valence-corrected chi connectivity index (χ2v) is 6.37. The van der Waals surface area contributed by atoms with Crippen LogP contribution in [0, 0.1) is 0 Å². The van der Waals surface area contributed by atoms with Gasteiger partial charge in [-0.3, -0.25) is 29.6 Å². The Balaban J connectivity index is 2.00. The molecule has 3 N–H and O–H groups in total. The van der Waals surface area contributed by atoms with Crippen LogP contribution in [0.15, 0.2) is 35.3 Å². The van der Waals surface area contributed by atoms with Crippen molar-refractivity contribution in [3.05, 3.63) is 52.1 Å². The van der Waals surface area contributed by atoms with Gasteiger partial charge in [-0.2, -0.15) is 18.2 Å². The molecule has 0 fully saturated rings. The molecule has 14 heteroatoms. The average molecular weight is 450 g/mol. The normalized spacial score (nSPS) is 11.2. The van der Waals surface area contributed by atoms with Gasteiger partial charge in [0.1, 0.15) is 0 Å². The van der Waals surface area contributed by atoms with Crippen molar-refractivity contribution in [3.8, 4) is 0 Å². The standard InChI is InChI=1S/C18H13F3N6O5/c1-8(28)23-17-25-13-12(14(29)26-17)24-10(6-22-13)7-27(16(32)18(19,20)21)11-4-2-9(3-5-11)15(30)31/h2-6H,7H2,1H3,(H,30,31)(H2,22,23,25,26,28,29). The summed E-state index contributed by atoms with van der Waals surface area (Å²) in [4.78, 5) is 60.5. The first-order valence-electron chi connectivity index (χ1n) is 8.71. The van der Waals surface area contributed by atoms with Crippen molar-refractivity contribution in [3.63, 3.8) is 0 Å². The van der Waals surface area contributed by atoms with Crippen LogP contribution >= 0.6 is 0 Å².